The minimum absolute atomic E-state index is 0.0574. The number of carbonyl (C=O) groups is 3. The number of rotatable bonds is 11. The van der Waals surface area contributed by atoms with E-state index in [1.54, 1.807) is 56.3 Å². The summed E-state index contributed by atoms with van der Waals surface area (Å²) in [6.07, 6.45) is 2.70. The lowest BCUT2D eigenvalue weighted by molar-refractivity contribution is -0.174. The van der Waals surface area contributed by atoms with Crippen LogP contribution in [0.3, 0.4) is 0 Å². The first-order valence-electron chi connectivity index (χ1n) is 9.58. The van der Waals surface area contributed by atoms with Crippen molar-refractivity contribution < 1.29 is 28.3 Å². The Hall–Kier alpha value is -3.15. The smallest absolute Gasteiger partial charge is 0.324 e. The Labute approximate surface area is 170 Å². The average Bonchev–Trinajstić information content (AvgIpc) is 3.25. The van der Waals surface area contributed by atoms with Gasteiger partial charge >= 0.3 is 11.9 Å². The first-order chi connectivity index (χ1) is 14.0. The number of esters is 2. The molecule has 29 heavy (non-hydrogen) atoms. The van der Waals surface area contributed by atoms with Crippen LogP contribution in [0.2, 0.25) is 0 Å². The van der Waals surface area contributed by atoms with Crippen LogP contribution in [0, 0.1) is 5.41 Å². The van der Waals surface area contributed by atoms with Gasteiger partial charge in [-0.2, -0.15) is 0 Å². The third kappa shape index (κ3) is 4.83. The van der Waals surface area contributed by atoms with Crippen molar-refractivity contribution in [3.63, 3.8) is 0 Å². The van der Waals surface area contributed by atoms with E-state index in [-0.39, 0.29) is 31.8 Å². The maximum absolute atomic E-state index is 13.1. The minimum atomic E-state index is -1.78. The third-order valence-corrected chi connectivity index (χ3v) is 4.71. The summed E-state index contributed by atoms with van der Waals surface area (Å²) >= 11 is 0. The van der Waals surface area contributed by atoms with E-state index in [1.807, 2.05) is 0 Å². The van der Waals surface area contributed by atoms with Crippen LogP contribution in [0.25, 0.3) is 0 Å². The van der Waals surface area contributed by atoms with Crippen LogP contribution in [-0.4, -0.2) is 30.9 Å². The van der Waals surface area contributed by atoms with E-state index in [1.165, 1.54) is 12.3 Å². The van der Waals surface area contributed by atoms with Crippen LogP contribution in [0.1, 0.15) is 48.7 Å². The van der Waals surface area contributed by atoms with Gasteiger partial charge in [0.05, 0.1) is 25.4 Å². The van der Waals surface area contributed by atoms with E-state index >= 15 is 0 Å². The number of Topliss-reactive ketones (excluding diaryl/α,β-unsaturated/α-hetero) is 1. The van der Waals surface area contributed by atoms with E-state index in [9.17, 15) is 14.4 Å². The number of ether oxygens (including phenoxy) is 2. The molecular formula is C23H26O6. The number of carbonyl (C=O) groups excluding carboxylic acids is 3. The summed E-state index contributed by atoms with van der Waals surface area (Å²) in [6.45, 7) is 7.16. The largest absolute Gasteiger partial charge is 0.469 e. The van der Waals surface area contributed by atoms with Crippen LogP contribution >= 0.6 is 0 Å². The zero-order chi connectivity index (χ0) is 21.3. The van der Waals surface area contributed by atoms with Crippen molar-refractivity contribution in [1.82, 2.24) is 0 Å². The molecule has 1 aromatic carbocycles. The molecule has 154 valence electrons. The number of allylic oxidation sites excluding steroid dienone is 1. The van der Waals surface area contributed by atoms with Crippen molar-refractivity contribution in [3.8, 4) is 0 Å². The molecular weight excluding hydrogens is 372 g/mol. The predicted molar refractivity (Wildman–Crippen MR) is 107 cm³/mol. The molecule has 2 rings (SSSR count). The van der Waals surface area contributed by atoms with Crippen molar-refractivity contribution in [1.29, 1.82) is 0 Å². The van der Waals surface area contributed by atoms with Gasteiger partial charge in [-0.3, -0.25) is 14.4 Å². The molecule has 1 heterocycles. The van der Waals surface area contributed by atoms with E-state index in [2.05, 4.69) is 6.58 Å². The van der Waals surface area contributed by atoms with Gasteiger partial charge in [-0.15, -0.1) is 6.58 Å². The summed E-state index contributed by atoms with van der Waals surface area (Å²) in [5.74, 6) is -2.34. The number of ketones is 1. The Bertz CT molecular complexity index is 804. The Kier molecular flexibility index (Phi) is 7.95. The molecule has 0 aliphatic heterocycles. The molecule has 0 amide bonds. The molecule has 6 nitrogen and oxygen atoms in total. The molecule has 0 aliphatic rings. The molecule has 0 radical (unpaired) electrons. The lowest BCUT2D eigenvalue weighted by atomic mass is 9.69. The van der Waals surface area contributed by atoms with Crippen LogP contribution in [0.5, 0.6) is 0 Å². The molecule has 0 saturated heterocycles. The second-order valence-electron chi connectivity index (χ2n) is 6.47. The SMILES string of the molecule is C=CCC(C(=O)OCC)(C(=O)OCC)C(CC(=O)c1ccccc1)c1ccco1. The summed E-state index contributed by atoms with van der Waals surface area (Å²) in [7, 11) is 0. The standard InChI is InChI=1S/C23H26O6/c1-4-14-23(21(25)27-5-2,22(26)28-6-3)18(20-13-10-15-29-20)16-19(24)17-11-8-7-9-12-17/h4,7-13,15,18H,1,5-6,14,16H2,2-3H3. The fraction of sp³-hybridized carbons (Fsp3) is 0.348. The van der Waals surface area contributed by atoms with Crippen LogP contribution in [-0.2, 0) is 19.1 Å². The van der Waals surface area contributed by atoms with E-state index in [0.717, 1.165) is 0 Å². The van der Waals surface area contributed by atoms with Gasteiger partial charge in [0.25, 0.3) is 0 Å². The highest BCUT2D eigenvalue weighted by atomic mass is 16.6. The van der Waals surface area contributed by atoms with Gasteiger partial charge in [0.15, 0.2) is 11.2 Å². The lowest BCUT2D eigenvalue weighted by Gasteiger charge is -2.34. The Balaban J connectivity index is 2.59. The number of furan rings is 1. The molecule has 0 N–H and O–H groups in total. The molecule has 0 bridgehead atoms. The number of benzene rings is 1. The van der Waals surface area contributed by atoms with E-state index < -0.39 is 23.3 Å². The van der Waals surface area contributed by atoms with Crippen molar-refractivity contribution in [2.75, 3.05) is 13.2 Å². The highest BCUT2D eigenvalue weighted by molar-refractivity contribution is 6.03. The first-order valence-corrected chi connectivity index (χ1v) is 9.58. The summed E-state index contributed by atoms with van der Waals surface area (Å²) in [6, 6.07) is 12.0. The summed E-state index contributed by atoms with van der Waals surface area (Å²) in [4.78, 5) is 39.2. The van der Waals surface area contributed by atoms with Crippen molar-refractivity contribution in [2.24, 2.45) is 5.41 Å². The molecule has 6 heteroatoms. The molecule has 0 aliphatic carbocycles. The van der Waals surface area contributed by atoms with Crippen molar-refractivity contribution >= 4 is 17.7 Å². The van der Waals surface area contributed by atoms with Gasteiger partial charge in [-0.05, 0) is 32.4 Å². The van der Waals surface area contributed by atoms with Gasteiger partial charge < -0.3 is 13.9 Å². The molecule has 0 fully saturated rings. The summed E-state index contributed by atoms with van der Waals surface area (Å²) in [5.41, 5.74) is -1.31. The Morgan fingerprint density at radius 3 is 2.14 bits per heavy atom. The second-order valence-corrected chi connectivity index (χ2v) is 6.47. The van der Waals surface area contributed by atoms with E-state index in [0.29, 0.717) is 11.3 Å². The number of hydrogen-bond donors (Lipinski definition) is 0. The van der Waals surface area contributed by atoms with Gasteiger partial charge in [-0.25, -0.2) is 0 Å². The van der Waals surface area contributed by atoms with Crippen molar-refractivity contribution in [3.05, 3.63) is 72.7 Å². The van der Waals surface area contributed by atoms with Gasteiger partial charge in [0.2, 0.25) is 0 Å². The zero-order valence-corrected chi connectivity index (χ0v) is 16.8. The highest BCUT2D eigenvalue weighted by Gasteiger charge is 2.56. The fourth-order valence-corrected chi connectivity index (χ4v) is 3.36. The lowest BCUT2D eigenvalue weighted by Crippen LogP contribution is -2.47. The minimum Gasteiger partial charge on any atom is -0.469 e. The topological polar surface area (TPSA) is 82.8 Å². The number of hydrogen-bond acceptors (Lipinski definition) is 6. The normalized spacial score (nSPS) is 12.1. The zero-order valence-electron chi connectivity index (χ0n) is 16.8. The molecule has 0 spiro atoms. The highest BCUT2D eigenvalue weighted by Crippen LogP contribution is 2.45. The van der Waals surface area contributed by atoms with Gasteiger partial charge in [-0.1, -0.05) is 36.4 Å². The van der Waals surface area contributed by atoms with Gasteiger partial charge in [0, 0.05) is 12.0 Å². The fourth-order valence-electron chi connectivity index (χ4n) is 3.36. The van der Waals surface area contributed by atoms with Gasteiger partial charge in [0.1, 0.15) is 5.76 Å². The van der Waals surface area contributed by atoms with Crippen molar-refractivity contribution in [2.45, 2.75) is 32.6 Å². The summed E-state index contributed by atoms with van der Waals surface area (Å²) in [5, 5.41) is 0. The Morgan fingerprint density at radius 1 is 1.03 bits per heavy atom. The average molecular weight is 398 g/mol. The molecule has 2 aromatic rings. The Morgan fingerprint density at radius 2 is 1.66 bits per heavy atom. The third-order valence-electron chi connectivity index (χ3n) is 4.71. The molecule has 1 unspecified atom stereocenters. The molecule has 0 saturated carbocycles. The van der Waals surface area contributed by atoms with E-state index in [4.69, 9.17) is 13.9 Å². The maximum atomic E-state index is 13.1. The predicted octanol–water partition coefficient (Wildman–Crippen LogP) is 4.32. The van der Waals surface area contributed by atoms with Crippen LogP contribution in [0.4, 0.5) is 0 Å². The monoisotopic (exact) mass is 398 g/mol. The van der Waals surface area contributed by atoms with Crippen LogP contribution in [0.15, 0.2) is 65.8 Å². The second kappa shape index (κ2) is 10.4. The maximum Gasteiger partial charge on any atom is 0.324 e. The molecule has 1 atom stereocenters. The molecule has 1 aromatic heterocycles. The van der Waals surface area contributed by atoms with Crippen LogP contribution < -0.4 is 0 Å². The first kappa shape index (κ1) is 22.1. The quantitative estimate of drug-likeness (QED) is 0.243. The summed E-state index contributed by atoms with van der Waals surface area (Å²) < 4.78 is 16.0.